The predicted molar refractivity (Wildman–Crippen MR) is 39.4 cm³/mol. The SMILES string of the molecule is CCC(S)CCCO. The third-order valence-corrected chi connectivity index (χ3v) is 1.79. The van der Waals surface area contributed by atoms with Crippen LogP contribution in [0.15, 0.2) is 0 Å². The molecular formula is C6H14OS. The summed E-state index contributed by atoms with van der Waals surface area (Å²) < 4.78 is 0. The van der Waals surface area contributed by atoms with E-state index in [1.807, 2.05) is 0 Å². The normalized spacial score (nSPS) is 13.9. The third-order valence-electron chi connectivity index (χ3n) is 1.17. The molecule has 0 saturated heterocycles. The highest BCUT2D eigenvalue weighted by Crippen LogP contribution is 2.06. The van der Waals surface area contributed by atoms with Crippen LogP contribution >= 0.6 is 12.6 Å². The van der Waals surface area contributed by atoms with Gasteiger partial charge in [-0.05, 0) is 19.3 Å². The Morgan fingerprint density at radius 2 is 2.25 bits per heavy atom. The summed E-state index contributed by atoms with van der Waals surface area (Å²) in [5.41, 5.74) is 0. The molecule has 0 heterocycles. The maximum absolute atomic E-state index is 8.38. The van der Waals surface area contributed by atoms with Gasteiger partial charge in [-0.15, -0.1) is 0 Å². The van der Waals surface area contributed by atoms with Crippen molar-refractivity contribution in [3.05, 3.63) is 0 Å². The molecule has 0 aromatic heterocycles. The molecule has 0 fully saturated rings. The Bertz CT molecular complexity index is 47.8. The van der Waals surface area contributed by atoms with E-state index in [1.54, 1.807) is 0 Å². The number of hydrogen-bond donors (Lipinski definition) is 2. The molecule has 1 atom stereocenters. The summed E-state index contributed by atoms with van der Waals surface area (Å²) in [6, 6.07) is 0. The van der Waals surface area contributed by atoms with Gasteiger partial charge in [-0.1, -0.05) is 6.92 Å². The van der Waals surface area contributed by atoms with E-state index < -0.39 is 0 Å². The van der Waals surface area contributed by atoms with E-state index in [9.17, 15) is 0 Å². The van der Waals surface area contributed by atoms with Gasteiger partial charge in [-0.25, -0.2) is 0 Å². The molecule has 0 bridgehead atoms. The Hall–Kier alpha value is 0.310. The van der Waals surface area contributed by atoms with Crippen LogP contribution in [0.5, 0.6) is 0 Å². The molecule has 8 heavy (non-hydrogen) atoms. The Kier molecular flexibility index (Phi) is 5.66. The van der Waals surface area contributed by atoms with Crippen molar-refractivity contribution in [2.24, 2.45) is 0 Å². The number of aliphatic hydroxyl groups is 1. The number of rotatable bonds is 4. The quantitative estimate of drug-likeness (QED) is 0.558. The van der Waals surface area contributed by atoms with Gasteiger partial charge >= 0.3 is 0 Å². The predicted octanol–water partition coefficient (Wildman–Crippen LogP) is 1.47. The number of aliphatic hydroxyl groups excluding tert-OH is 1. The highest BCUT2D eigenvalue weighted by Gasteiger charge is 1.96. The fraction of sp³-hybridized carbons (Fsp3) is 1.00. The number of thiol groups is 1. The second kappa shape index (κ2) is 5.45. The summed E-state index contributed by atoms with van der Waals surface area (Å²) >= 11 is 4.25. The maximum Gasteiger partial charge on any atom is 0.0431 e. The lowest BCUT2D eigenvalue weighted by Gasteiger charge is -2.03. The standard InChI is InChI=1S/C6H14OS/c1-2-6(8)4-3-5-7/h6-8H,2-5H2,1H3. The van der Waals surface area contributed by atoms with E-state index in [1.165, 1.54) is 0 Å². The van der Waals surface area contributed by atoms with Crippen molar-refractivity contribution in [1.29, 1.82) is 0 Å². The first kappa shape index (κ1) is 8.31. The van der Waals surface area contributed by atoms with Crippen LogP contribution in [0.3, 0.4) is 0 Å². The molecule has 0 aromatic rings. The van der Waals surface area contributed by atoms with Gasteiger partial charge in [-0.3, -0.25) is 0 Å². The zero-order valence-electron chi connectivity index (χ0n) is 5.30. The fourth-order valence-electron chi connectivity index (χ4n) is 0.531. The van der Waals surface area contributed by atoms with Gasteiger partial charge in [0, 0.05) is 11.9 Å². The monoisotopic (exact) mass is 134 g/mol. The summed E-state index contributed by atoms with van der Waals surface area (Å²) in [4.78, 5) is 0. The Morgan fingerprint density at radius 3 is 2.62 bits per heavy atom. The zero-order chi connectivity index (χ0) is 6.41. The van der Waals surface area contributed by atoms with Gasteiger partial charge in [0.05, 0.1) is 0 Å². The molecule has 1 unspecified atom stereocenters. The molecular weight excluding hydrogens is 120 g/mol. The van der Waals surface area contributed by atoms with Gasteiger partial charge < -0.3 is 5.11 Å². The highest BCUT2D eigenvalue weighted by atomic mass is 32.1. The van der Waals surface area contributed by atoms with Gasteiger partial charge in [0.25, 0.3) is 0 Å². The van der Waals surface area contributed by atoms with Crippen molar-refractivity contribution in [1.82, 2.24) is 0 Å². The molecule has 1 N–H and O–H groups in total. The second-order valence-corrected chi connectivity index (χ2v) is 2.66. The molecule has 0 aliphatic heterocycles. The van der Waals surface area contributed by atoms with E-state index in [4.69, 9.17) is 5.11 Å². The van der Waals surface area contributed by atoms with Crippen LogP contribution in [-0.2, 0) is 0 Å². The highest BCUT2D eigenvalue weighted by molar-refractivity contribution is 7.80. The van der Waals surface area contributed by atoms with Crippen molar-refractivity contribution in [3.63, 3.8) is 0 Å². The Balaban J connectivity index is 2.86. The molecule has 1 nitrogen and oxygen atoms in total. The minimum atomic E-state index is 0.303. The average molecular weight is 134 g/mol. The zero-order valence-corrected chi connectivity index (χ0v) is 6.19. The molecule has 0 radical (unpaired) electrons. The summed E-state index contributed by atoms with van der Waals surface area (Å²) in [5.74, 6) is 0. The third kappa shape index (κ3) is 4.47. The smallest absolute Gasteiger partial charge is 0.0431 e. The van der Waals surface area contributed by atoms with Gasteiger partial charge in [0.1, 0.15) is 0 Å². The molecule has 2 heteroatoms. The molecule has 0 rings (SSSR count). The van der Waals surface area contributed by atoms with E-state index in [0.717, 1.165) is 19.3 Å². The summed E-state index contributed by atoms with van der Waals surface area (Å²) in [6.07, 6.45) is 3.03. The van der Waals surface area contributed by atoms with Gasteiger partial charge in [0.2, 0.25) is 0 Å². The van der Waals surface area contributed by atoms with Crippen LogP contribution in [0.2, 0.25) is 0 Å². The minimum absolute atomic E-state index is 0.303. The molecule has 0 spiro atoms. The first-order chi connectivity index (χ1) is 3.81. The van der Waals surface area contributed by atoms with Crippen molar-refractivity contribution in [3.8, 4) is 0 Å². The number of hydrogen-bond acceptors (Lipinski definition) is 2. The largest absolute Gasteiger partial charge is 0.396 e. The van der Waals surface area contributed by atoms with Crippen molar-refractivity contribution in [2.75, 3.05) is 6.61 Å². The topological polar surface area (TPSA) is 20.2 Å². The van der Waals surface area contributed by atoms with Gasteiger partial charge in [0.15, 0.2) is 0 Å². The van der Waals surface area contributed by atoms with Crippen molar-refractivity contribution < 1.29 is 5.11 Å². The summed E-state index contributed by atoms with van der Waals surface area (Å²) in [6.45, 7) is 2.41. The molecule has 0 amide bonds. The first-order valence-corrected chi connectivity index (χ1v) is 3.61. The lowest BCUT2D eigenvalue weighted by molar-refractivity contribution is 0.284. The fourth-order valence-corrected chi connectivity index (χ4v) is 0.714. The molecule has 0 saturated carbocycles. The molecule has 0 aromatic carbocycles. The van der Waals surface area contributed by atoms with E-state index in [2.05, 4.69) is 19.6 Å². The molecule has 0 aliphatic rings. The Labute approximate surface area is 56.5 Å². The van der Waals surface area contributed by atoms with Gasteiger partial charge in [-0.2, -0.15) is 12.6 Å². The average Bonchev–Trinajstić information content (AvgIpc) is 1.83. The lowest BCUT2D eigenvalue weighted by atomic mass is 10.2. The molecule has 0 aliphatic carbocycles. The van der Waals surface area contributed by atoms with Crippen LogP contribution in [0, 0.1) is 0 Å². The van der Waals surface area contributed by atoms with Crippen LogP contribution < -0.4 is 0 Å². The Morgan fingerprint density at radius 1 is 1.62 bits per heavy atom. The van der Waals surface area contributed by atoms with E-state index >= 15 is 0 Å². The lowest BCUT2D eigenvalue weighted by Crippen LogP contribution is -1.96. The van der Waals surface area contributed by atoms with Crippen LogP contribution in [0.4, 0.5) is 0 Å². The summed E-state index contributed by atoms with van der Waals surface area (Å²) in [5, 5.41) is 8.86. The van der Waals surface area contributed by atoms with Crippen LogP contribution in [0.25, 0.3) is 0 Å². The first-order valence-electron chi connectivity index (χ1n) is 3.10. The van der Waals surface area contributed by atoms with Crippen molar-refractivity contribution in [2.45, 2.75) is 31.4 Å². The maximum atomic E-state index is 8.38. The van der Waals surface area contributed by atoms with Crippen LogP contribution in [-0.4, -0.2) is 17.0 Å². The van der Waals surface area contributed by atoms with Crippen molar-refractivity contribution >= 4 is 12.6 Å². The minimum Gasteiger partial charge on any atom is -0.396 e. The van der Waals surface area contributed by atoms with Crippen LogP contribution in [0.1, 0.15) is 26.2 Å². The summed E-state index contributed by atoms with van der Waals surface area (Å²) in [7, 11) is 0. The van der Waals surface area contributed by atoms with E-state index in [-0.39, 0.29) is 0 Å². The molecule has 50 valence electrons. The van der Waals surface area contributed by atoms with E-state index in [0.29, 0.717) is 11.9 Å². The second-order valence-electron chi connectivity index (χ2n) is 1.93.